The summed E-state index contributed by atoms with van der Waals surface area (Å²) in [7, 11) is 1.93. The van der Waals surface area contributed by atoms with Gasteiger partial charge in [0.1, 0.15) is 0 Å². The zero-order chi connectivity index (χ0) is 12.8. The van der Waals surface area contributed by atoms with E-state index in [0.29, 0.717) is 12.1 Å². The van der Waals surface area contributed by atoms with Crippen LogP contribution < -0.4 is 10.6 Å². The van der Waals surface area contributed by atoms with Crippen LogP contribution in [0, 0.1) is 0 Å². The van der Waals surface area contributed by atoms with Gasteiger partial charge in [0.15, 0.2) is 0 Å². The third-order valence-electron chi connectivity index (χ3n) is 3.75. The molecule has 1 saturated heterocycles. The molecule has 1 fully saturated rings. The fraction of sp³-hybridized carbons (Fsp3) is 0.923. The molecule has 0 aromatic carbocycles. The van der Waals surface area contributed by atoms with Crippen LogP contribution in [-0.4, -0.2) is 49.1 Å². The average Bonchev–Trinajstić information content (AvgIpc) is 2.63. The number of likely N-dealkylation sites (tertiary alicyclic amines) is 1. The number of hydrogen-bond acceptors (Lipinski definition) is 3. The smallest absolute Gasteiger partial charge is 0.237 e. The Labute approximate surface area is 105 Å². The van der Waals surface area contributed by atoms with Crippen molar-refractivity contribution >= 4 is 5.91 Å². The minimum absolute atomic E-state index is 0.00270. The molecular weight excluding hydrogens is 214 g/mol. The van der Waals surface area contributed by atoms with Gasteiger partial charge in [0, 0.05) is 18.6 Å². The minimum atomic E-state index is -0.00270. The van der Waals surface area contributed by atoms with Crippen molar-refractivity contribution in [2.75, 3.05) is 20.1 Å². The standard InChI is InChI=1S/C13H27N3O/c1-10-6-7-11(2)16(10)12(3)13(17)15-9-5-8-14-4/h10-12,14H,5-9H2,1-4H3,(H,15,17). The molecule has 3 atom stereocenters. The second-order valence-corrected chi connectivity index (χ2v) is 5.15. The van der Waals surface area contributed by atoms with Gasteiger partial charge in [-0.1, -0.05) is 0 Å². The molecule has 0 radical (unpaired) electrons. The van der Waals surface area contributed by atoms with Crippen molar-refractivity contribution in [1.29, 1.82) is 0 Å². The minimum Gasteiger partial charge on any atom is -0.355 e. The SMILES string of the molecule is CNCCCNC(=O)C(C)N1C(C)CCC1C. The van der Waals surface area contributed by atoms with Gasteiger partial charge in [0.05, 0.1) is 6.04 Å². The lowest BCUT2D eigenvalue weighted by Crippen LogP contribution is -2.49. The molecule has 1 aliphatic heterocycles. The van der Waals surface area contributed by atoms with Crippen LogP contribution in [0.2, 0.25) is 0 Å². The van der Waals surface area contributed by atoms with Gasteiger partial charge in [-0.15, -0.1) is 0 Å². The van der Waals surface area contributed by atoms with Crippen LogP contribution in [0.3, 0.4) is 0 Å². The predicted octanol–water partition coefficient (Wildman–Crippen LogP) is 0.973. The highest BCUT2D eigenvalue weighted by Gasteiger charge is 2.33. The molecule has 1 heterocycles. The first-order valence-corrected chi connectivity index (χ1v) is 6.77. The Morgan fingerprint density at radius 3 is 2.41 bits per heavy atom. The van der Waals surface area contributed by atoms with E-state index < -0.39 is 0 Å². The van der Waals surface area contributed by atoms with E-state index in [9.17, 15) is 4.79 Å². The van der Waals surface area contributed by atoms with Crippen molar-refractivity contribution in [3.05, 3.63) is 0 Å². The first-order chi connectivity index (χ1) is 8.07. The van der Waals surface area contributed by atoms with Gasteiger partial charge in [-0.2, -0.15) is 0 Å². The monoisotopic (exact) mass is 241 g/mol. The lowest BCUT2D eigenvalue weighted by Gasteiger charge is -2.31. The average molecular weight is 241 g/mol. The zero-order valence-electron chi connectivity index (χ0n) is 11.6. The Kier molecular flexibility index (Phi) is 5.92. The Morgan fingerprint density at radius 1 is 1.29 bits per heavy atom. The van der Waals surface area contributed by atoms with Crippen LogP contribution in [0.4, 0.5) is 0 Å². The highest BCUT2D eigenvalue weighted by molar-refractivity contribution is 5.81. The van der Waals surface area contributed by atoms with Crippen molar-refractivity contribution in [1.82, 2.24) is 15.5 Å². The molecule has 0 saturated carbocycles. The molecule has 4 nitrogen and oxygen atoms in total. The Hall–Kier alpha value is -0.610. The molecule has 0 bridgehead atoms. The largest absolute Gasteiger partial charge is 0.355 e. The number of nitrogens with one attached hydrogen (secondary N) is 2. The summed E-state index contributed by atoms with van der Waals surface area (Å²) in [6.07, 6.45) is 3.40. The summed E-state index contributed by atoms with van der Waals surface area (Å²) in [6, 6.07) is 1.06. The summed E-state index contributed by atoms with van der Waals surface area (Å²) in [5.74, 6) is 0.168. The molecular formula is C13H27N3O. The first kappa shape index (κ1) is 14.5. The highest BCUT2D eigenvalue weighted by Crippen LogP contribution is 2.25. The maximum Gasteiger partial charge on any atom is 0.237 e. The van der Waals surface area contributed by atoms with Gasteiger partial charge >= 0.3 is 0 Å². The lowest BCUT2D eigenvalue weighted by molar-refractivity contribution is -0.126. The molecule has 0 aliphatic carbocycles. The van der Waals surface area contributed by atoms with E-state index >= 15 is 0 Å². The Morgan fingerprint density at radius 2 is 1.88 bits per heavy atom. The number of rotatable bonds is 6. The van der Waals surface area contributed by atoms with E-state index in [1.54, 1.807) is 0 Å². The van der Waals surface area contributed by atoms with Crippen LogP contribution in [-0.2, 0) is 4.79 Å². The van der Waals surface area contributed by atoms with E-state index in [1.807, 2.05) is 14.0 Å². The maximum absolute atomic E-state index is 12.0. The van der Waals surface area contributed by atoms with Crippen LogP contribution in [0.25, 0.3) is 0 Å². The summed E-state index contributed by atoms with van der Waals surface area (Å²) < 4.78 is 0. The highest BCUT2D eigenvalue weighted by atomic mass is 16.2. The maximum atomic E-state index is 12.0. The second-order valence-electron chi connectivity index (χ2n) is 5.15. The van der Waals surface area contributed by atoms with Crippen molar-refractivity contribution in [2.24, 2.45) is 0 Å². The normalized spacial score (nSPS) is 27.1. The van der Waals surface area contributed by atoms with Crippen LogP contribution in [0.5, 0.6) is 0 Å². The van der Waals surface area contributed by atoms with E-state index in [0.717, 1.165) is 19.5 Å². The van der Waals surface area contributed by atoms with Gasteiger partial charge in [0.25, 0.3) is 0 Å². The van der Waals surface area contributed by atoms with Crippen molar-refractivity contribution in [3.8, 4) is 0 Å². The summed E-state index contributed by atoms with van der Waals surface area (Å²) in [6.45, 7) is 8.17. The molecule has 4 heteroatoms. The predicted molar refractivity (Wildman–Crippen MR) is 71.0 cm³/mol. The summed E-state index contributed by atoms with van der Waals surface area (Å²) in [5.41, 5.74) is 0. The molecule has 100 valence electrons. The quantitative estimate of drug-likeness (QED) is 0.681. The number of hydrogen-bond donors (Lipinski definition) is 2. The van der Waals surface area contributed by atoms with Crippen LogP contribution in [0.1, 0.15) is 40.0 Å². The van der Waals surface area contributed by atoms with Gasteiger partial charge in [0.2, 0.25) is 5.91 Å². The summed E-state index contributed by atoms with van der Waals surface area (Å²) >= 11 is 0. The topological polar surface area (TPSA) is 44.4 Å². The van der Waals surface area contributed by atoms with E-state index in [-0.39, 0.29) is 11.9 Å². The number of carbonyl (C=O) groups excluding carboxylic acids is 1. The fourth-order valence-electron chi connectivity index (χ4n) is 2.74. The van der Waals surface area contributed by atoms with E-state index in [1.165, 1.54) is 12.8 Å². The molecule has 3 unspecified atom stereocenters. The Balaban J connectivity index is 2.35. The molecule has 17 heavy (non-hydrogen) atoms. The number of nitrogens with zero attached hydrogens (tertiary/aromatic N) is 1. The van der Waals surface area contributed by atoms with Gasteiger partial charge in [-0.25, -0.2) is 0 Å². The molecule has 1 aliphatic rings. The first-order valence-electron chi connectivity index (χ1n) is 6.77. The van der Waals surface area contributed by atoms with E-state index in [4.69, 9.17) is 0 Å². The third kappa shape index (κ3) is 3.96. The molecule has 0 spiro atoms. The molecule has 1 rings (SSSR count). The zero-order valence-corrected chi connectivity index (χ0v) is 11.6. The van der Waals surface area contributed by atoms with Gasteiger partial charge in [-0.3, -0.25) is 9.69 Å². The molecule has 1 amide bonds. The second kappa shape index (κ2) is 6.97. The lowest BCUT2D eigenvalue weighted by atomic mass is 10.2. The Bertz CT molecular complexity index is 235. The van der Waals surface area contributed by atoms with Crippen molar-refractivity contribution in [3.63, 3.8) is 0 Å². The fourth-order valence-corrected chi connectivity index (χ4v) is 2.74. The third-order valence-corrected chi connectivity index (χ3v) is 3.75. The number of amides is 1. The summed E-state index contributed by atoms with van der Waals surface area (Å²) in [4.78, 5) is 14.4. The molecule has 0 aromatic heterocycles. The number of carbonyl (C=O) groups is 1. The summed E-state index contributed by atoms with van der Waals surface area (Å²) in [5, 5.41) is 6.09. The van der Waals surface area contributed by atoms with Crippen LogP contribution in [0.15, 0.2) is 0 Å². The van der Waals surface area contributed by atoms with Gasteiger partial charge in [-0.05, 0) is 53.6 Å². The van der Waals surface area contributed by atoms with Crippen molar-refractivity contribution < 1.29 is 4.79 Å². The molecule has 0 aromatic rings. The molecule has 2 N–H and O–H groups in total. The van der Waals surface area contributed by atoms with Crippen molar-refractivity contribution in [2.45, 2.75) is 58.2 Å². The van der Waals surface area contributed by atoms with Crippen LogP contribution >= 0.6 is 0 Å². The van der Waals surface area contributed by atoms with Gasteiger partial charge < -0.3 is 10.6 Å². The van der Waals surface area contributed by atoms with E-state index in [2.05, 4.69) is 29.4 Å².